The first-order valence-corrected chi connectivity index (χ1v) is 6.03. The van der Waals surface area contributed by atoms with Gasteiger partial charge in [-0.3, -0.25) is 4.79 Å². The van der Waals surface area contributed by atoms with Crippen molar-refractivity contribution >= 4 is 5.97 Å². The Labute approximate surface area is 100 Å². The summed E-state index contributed by atoms with van der Waals surface area (Å²) in [7, 11) is 0. The molecule has 17 heavy (non-hydrogen) atoms. The number of fused-ring (bicyclic) bond motifs is 1. The first-order valence-electron chi connectivity index (χ1n) is 6.03. The third-order valence-corrected chi connectivity index (χ3v) is 3.74. The number of carbonyl (C=O) groups is 1. The molecule has 0 saturated carbocycles. The maximum atomic E-state index is 10.9. The van der Waals surface area contributed by atoms with E-state index in [4.69, 9.17) is 5.11 Å². The predicted molar refractivity (Wildman–Crippen MR) is 63.0 cm³/mol. The van der Waals surface area contributed by atoms with E-state index in [1.807, 2.05) is 0 Å². The van der Waals surface area contributed by atoms with Crippen molar-refractivity contribution in [3.63, 3.8) is 0 Å². The Balaban J connectivity index is 1.68. The van der Waals surface area contributed by atoms with E-state index in [9.17, 15) is 4.79 Å². The predicted octanol–water partition coefficient (Wildman–Crippen LogP) is 1.32. The van der Waals surface area contributed by atoms with Gasteiger partial charge in [-0.15, -0.1) is 0 Å². The molecule has 1 saturated heterocycles. The van der Waals surface area contributed by atoms with Crippen LogP contribution in [0.4, 0.5) is 0 Å². The number of carboxylic acid groups (broad SMARTS) is 1. The van der Waals surface area contributed by atoms with Gasteiger partial charge in [0, 0.05) is 26.2 Å². The summed E-state index contributed by atoms with van der Waals surface area (Å²) in [6.07, 6.45) is 0.766. The van der Waals surface area contributed by atoms with Gasteiger partial charge >= 0.3 is 5.97 Å². The quantitative estimate of drug-likeness (QED) is 0.835. The number of hydrogen-bond donors (Lipinski definition) is 1. The maximum absolute atomic E-state index is 10.9. The van der Waals surface area contributed by atoms with E-state index < -0.39 is 5.97 Å². The van der Waals surface area contributed by atoms with Crippen LogP contribution in [0.2, 0.25) is 0 Å². The van der Waals surface area contributed by atoms with Gasteiger partial charge in [-0.2, -0.15) is 0 Å². The summed E-state index contributed by atoms with van der Waals surface area (Å²) in [5.74, 6) is -0.858. The molecule has 2 aliphatic heterocycles. The first-order chi connectivity index (χ1) is 8.24. The van der Waals surface area contributed by atoms with Gasteiger partial charge in [0.2, 0.25) is 0 Å². The summed E-state index contributed by atoms with van der Waals surface area (Å²) in [4.78, 5) is 10.9. The summed E-state index contributed by atoms with van der Waals surface area (Å²) < 4.78 is 0. The lowest BCUT2D eigenvalue weighted by molar-refractivity contribution is -0.141. The molecule has 0 spiro atoms. The van der Waals surface area contributed by atoms with Crippen molar-refractivity contribution in [3.8, 4) is 0 Å². The van der Waals surface area contributed by atoms with Crippen LogP contribution in [0.1, 0.15) is 17.5 Å². The van der Waals surface area contributed by atoms with Crippen molar-refractivity contribution in [2.75, 3.05) is 13.1 Å². The first kappa shape index (κ1) is 10.7. The molecule has 1 aromatic rings. The third kappa shape index (κ3) is 1.94. The number of nitrogens with zero attached hydrogens (tertiary/aromatic N) is 2. The number of rotatable bonds is 2. The minimum absolute atomic E-state index is 0.196. The van der Waals surface area contributed by atoms with Gasteiger partial charge in [0.05, 0.1) is 5.92 Å². The zero-order valence-corrected chi connectivity index (χ0v) is 9.67. The molecule has 0 radical (unpaired) electrons. The van der Waals surface area contributed by atoms with E-state index in [0.717, 1.165) is 26.1 Å². The van der Waals surface area contributed by atoms with Gasteiger partial charge < -0.3 is 5.11 Å². The van der Waals surface area contributed by atoms with Crippen molar-refractivity contribution in [3.05, 3.63) is 35.4 Å². The molecule has 4 nitrogen and oxygen atoms in total. The highest BCUT2D eigenvalue weighted by Crippen LogP contribution is 2.27. The molecule has 0 aliphatic carbocycles. The monoisotopic (exact) mass is 232 g/mol. The van der Waals surface area contributed by atoms with E-state index >= 15 is 0 Å². The van der Waals surface area contributed by atoms with E-state index in [-0.39, 0.29) is 5.92 Å². The SMILES string of the molecule is O=C(O)C1CCN(N2Cc3ccccc3C2)C1. The maximum Gasteiger partial charge on any atom is 0.307 e. The highest BCUT2D eigenvalue weighted by molar-refractivity contribution is 5.70. The van der Waals surface area contributed by atoms with Crippen molar-refractivity contribution in [2.24, 2.45) is 5.92 Å². The molecule has 0 bridgehead atoms. The number of hydrogen-bond acceptors (Lipinski definition) is 3. The highest BCUT2D eigenvalue weighted by atomic mass is 16.4. The highest BCUT2D eigenvalue weighted by Gasteiger charge is 2.33. The van der Waals surface area contributed by atoms with Crippen molar-refractivity contribution in [1.82, 2.24) is 10.0 Å². The molecule has 2 heterocycles. The molecule has 1 atom stereocenters. The number of aliphatic carboxylic acids is 1. The van der Waals surface area contributed by atoms with Crippen LogP contribution in [0.3, 0.4) is 0 Å². The minimum atomic E-state index is -0.663. The van der Waals surface area contributed by atoms with Gasteiger partial charge in [0.25, 0.3) is 0 Å². The lowest BCUT2D eigenvalue weighted by Crippen LogP contribution is -2.37. The van der Waals surface area contributed by atoms with Crippen molar-refractivity contribution in [2.45, 2.75) is 19.5 Å². The minimum Gasteiger partial charge on any atom is -0.481 e. The number of benzene rings is 1. The fourth-order valence-corrected chi connectivity index (χ4v) is 2.72. The molecular formula is C13H16N2O2. The fourth-order valence-electron chi connectivity index (χ4n) is 2.72. The zero-order valence-electron chi connectivity index (χ0n) is 9.67. The lowest BCUT2D eigenvalue weighted by atomic mass is 10.1. The molecule has 1 fully saturated rings. The number of carboxylic acids is 1. The third-order valence-electron chi connectivity index (χ3n) is 3.74. The van der Waals surface area contributed by atoms with Crippen LogP contribution >= 0.6 is 0 Å². The Morgan fingerprint density at radius 3 is 2.35 bits per heavy atom. The Hall–Kier alpha value is -1.39. The average molecular weight is 232 g/mol. The van der Waals surface area contributed by atoms with Gasteiger partial charge in [-0.1, -0.05) is 24.3 Å². The molecule has 0 aromatic heterocycles. The van der Waals surface area contributed by atoms with E-state index in [0.29, 0.717) is 6.54 Å². The standard InChI is InChI=1S/C13H16N2O2/c16-13(17)12-5-6-14(9-12)15-7-10-3-1-2-4-11(10)8-15/h1-4,12H,5-9H2,(H,16,17). The molecule has 2 aliphatic rings. The second-order valence-corrected chi connectivity index (χ2v) is 4.83. The van der Waals surface area contributed by atoms with E-state index in [1.165, 1.54) is 11.1 Å². The molecule has 1 unspecified atom stereocenters. The normalized spacial score (nSPS) is 25.1. The Morgan fingerprint density at radius 2 is 1.82 bits per heavy atom. The topological polar surface area (TPSA) is 43.8 Å². The van der Waals surface area contributed by atoms with Crippen LogP contribution in [0.5, 0.6) is 0 Å². The average Bonchev–Trinajstić information content (AvgIpc) is 2.95. The van der Waals surface area contributed by atoms with E-state index in [2.05, 4.69) is 34.3 Å². The van der Waals surface area contributed by atoms with Gasteiger partial charge in [0.1, 0.15) is 0 Å². The second-order valence-electron chi connectivity index (χ2n) is 4.83. The largest absolute Gasteiger partial charge is 0.481 e. The molecular weight excluding hydrogens is 216 g/mol. The van der Waals surface area contributed by atoms with Gasteiger partial charge in [-0.05, 0) is 17.5 Å². The van der Waals surface area contributed by atoms with Crippen LogP contribution in [0.15, 0.2) is 24.3 Å². The molecule has 1 aromatic carbocycles. The smallest absolute Gasteiger partial charge is 0.307 e. The summed E-state index contributed by atoms with van der Waals surface area (Å²) in [5.41, 5.74) is 2.73. The van der Waals surface area contributed by atoms with E-state index in [1.54, 1.807) is 0 Å². The fraction of sp³-hybridized carbons (Fsp3) is 0.462. The molecule has 4 heteroatoms. The zero-order chi connectivity index (χ0) is 11.8. The van der Waals surface area contributed by atoms with Crippen LogP contribution in [0, 0.1) is 5.92 Å². The van der Waals surface area contributed by atoms with Crippen LogP contribution < -0.4 is 0 Å². The Morgan fingerprint density at radius 1 is 1.18 bits per heavy atom. The number of hydrazine groups is 1. The summed E-state index contributed by atoms with van der Waals surface area (Å²) >= 11 is 0. The van der Waals surface area contributed by atoms with Crippen molar-refractivity contribution < 1.29 is 9.90 Å². The lowest BCUT2D eigenvalue weighted by Gasteiger charge is -2.27. The molecule has 1 N–H and O–H groups in total. The second kappa shape index (κ2) is 4.13. The van der Waals surface area contributed by atoms with Crippen molar-refractivity contribution in [1.29, 1.82) is 0 Å². The summed E-state index contributed by atoms with van der Waals surface area (Å²) in [6, 6.07) is 8.43. The van der Waals surface area contributed by atoms with Gasteiger partial charge in [0.15, 0.2) is 0 Å². The summed E-state index contributed by atoms with van der Waals surface area (Å²) in [6.45, 7) is 3.36. The molecule has 0 amide bonds. The van der Waals surface area contributed by atoms with Crippen LogP contribution in [0.25, 0.3) is 0 Å². The van der Waals surface area contributed by atoms with Crippen LogP contribution in [-0.2, 0) is 17.9 Å². The molecule has 90 valence electrons. The van der Waals surface area contributed by atoms with Crippen LogP contribution in [-0.4, -0.2) is 34.2 Å². The van der Waals surface area contributed by atoms with Gasteiger partial charge in [-0.25, -0.2) is 10.0 Å². The summed E-state index contributed by atoms with van der Waals surface area (Å²) in [5, 5.41) is 13.5. The Bertz CT molecular complexity index is 422. The Kier molecular flexibility index (Phi) is 2.61. The molecule has 3 rings (SSSR count).